The third-order valence-corrected chi connectivity index (χ3v) is 6.37. The molecule has 3 aromatic carbocycles. The molecule has 7 heteroatoms. The zero-order chi connectivity index (χ0) is 25.4. The maximum atomic E-state index is 12.9. The Bertz CT molecular complexity index is 1660. The summed E-state index contributed by atoms with van der Waals surface area (Å²) in [5.41, 5.74) is 4.82. The summed E-state index contributed by atoms with van der Waals surface area (Å²) < 4.78 is 18.8. The number of rotatable bonds is 6. The second kappa shape index (κ2) is 9.55. The fourth-order valence-electron chi connectivity index (χ4n) is 4.49. The van der Waals surface area contributed by atoms with Crippen LogP contribution in [-0.2, 0) is 11.3 Å². The number of carbonyl (C=O) groups is 1. The van der Waals surface area contributed by atoms with Gasteiger partial charge in [-0.3, -0.25) is 0 Å². The van der Waals surface area contributed by atoms with Gasteiger partial charge >= 0.3 is 11.6 Å². The molecule has 0 fully saturated rings. The van der Waals surface area contributed by atoms with Crippen LogP contribution in [0.15, 0.2) is 75.9 Å². The maximum Gasteiger partial charge on any atom is 0.340 e. The van der Waals surface area contributed by atoms with E-state index in [1.54, 1.807) is 13.0 Å². The molecule has 5 rings (SSSR count). The van der Waals surface area contributed by atoms with Crippen LogP contribution in [-0.4, -0.2) is 17.1 Å². The summed E-state index contributed by atoms with van der Waals surface area (Å²) in [5, 5.41) is 2.17. The van der Waals surface area contributed by atoms with Crippen molar-refractivity contribution >= 4 is 39.4 Å². The number of nitrogens with zero attached hydrogens (tertiary/aromatic N) is 1. The predicted octanol–water partition coefficient (Wildman–Crippen LogP) is 6.76. The molecule has 0 aliphatic rings. The largest absolute Gasteiger partial charge is 0.489 e. The van der Waals surface area contributed by atoms with Gasteiger partial charge in [-0.25, -0.2) is 9.59 Å². The van der Waals surface area contributed by atoms with Crippen molar-refractivity contribution in [2.24, 2.45) is 0 Å². The SMILES string of the molecule is CCOC(=O)c1c(C)n(-c2ccc(Cl)cc2)c2ccc(OCc3cc(=O)oc4ccc(C)cc34)cc12. The quantitative estimate of drug-likeness (QED) is 0.190. The number of halogens is 1. The highest BCUT2D eigenvalue weighted by Gasteiger charge is 2.22. The summed E-state index contributed by atoms with van der Waals surface area (Å²) in [6.45, 7) is 6.09. The monoisotopic (exact) mass is 501 g/mol. The number of hydrogen-bond acceptors (Lipinski definition) is 5. The van der Waals surface area contributed by atoms with Crippen LogP contribution in [0.25, 0.3) is 27.6 Å². The number of benzene rings is 3. The maximum absolute atomic E-state index is 12.9. The molecule has 0 saturated heterocycles. The van der Waals surface area contributed by atoms with Gasteiger partial charge in [0.15, 0.2) is 0 Å². The van der Waals surface area contributed by atoms with Gasteiger partial charge in [0.2, 0.25) is 0 Å². The third-order valence-electron chi connectivity index (χ3n) is 6.12. The standard InChI is InChI=1S/C29H24ClNO5/c1-4-34-29(33)28-18(3)31(21-8-6-20(30)7-9-21)25-11-10-22(15-24(25)28)35-16-19-14-27(32)36-26-12-5-17(2)13-23(19)26/h5-15H,4,16H2,1-3H3. The number of carbonyl (C=O) groups excluding carboxylic acids is 1. The lowest BCUT2D eigenvalue weighted by Gasteiger charge is -2.10. The molecule has 0 bridgehead atoms. The highest BCUT2D eigenvalue weighted by atomic mass is 35.5. The predicted molar refractivity (Wildman–Crippen MR) is 141 cm³/mol. The van der Waals surface area contributed by atoms with E-state index in [0.29, 0.717) is 27.3 Å². The summed E-state index contributed by atoms with van der Waals surface area (Å²) in [5.74, 6) is 0.169. The van der Waals surface area contributed by atoms with Crippen LogP contribution in [0.4, 0.5) is 0 Å². The second-order valence-corrected chi connectivity index (χ2v) is 8.99. The molecule has 0 radical (unpaired) electrons. The van der Waals surface area contributed by atoms with E-state index in [0.717, 1.165) is 33.4 Å². The Morgan fingerprint density at radius 3 is 2.50 bits per heavy atom. The van der Waals surface area contributed by atoms with Crippen molar-refractivity contribution in [3.63, 3.8) is 0 Å². The van der Waals surface area contributed by atoms with Gasteiger partial charge in [-0.2, -0.15) is 0 Å². The van der Waals surface area contributed by atoms with Crippen LogP contribution in [0.3, 0.4) is 0 Å². The average Bonchev–Trinajstić information content (AvgIpc) is 3.14. The van der Waals surface area contributed by atoms with Crippen LogP contribution in [0, 0.1) is 13.8 Å². The first-order valence-corrected chi connectivity index (χ1v) is 12.0. The summed E-state index contributed by atoms with van der Waals surface area (Å²) in [6.07, 6.45) is 0. The number of hydrogen-bond donors (Lipinski definition) is 0. The topological polar surface area (TPSA) is 70.7 Å². The van der Waals surface area contributed by atoms with Crippen molar-refractivity contribution in [1.29, 1.82) is 0 Å². The summed E-state index contributed by atoms with van der Waals surface area (Å²) in [4.78, 5) is 25.0. The first-order valence-electron chi connectivity index (χ1n) is 11.6. The lowest BCUT2D eigenvalue weighted by Crippen LogP contribution is -2.07. The number of aryl methyl sites for hydroxylation is 1. The van der Waals surface area contributed by atoms with E-state index in [1.165, 1.54) is 6.07 Å². The van der Waals surface area contributed by atoms with Gasteiger partial charge in [-0.05, 0) is 75.4 Å². The Labute approximate surface area is 212 Å². The average molecular weight is 502 g/mol. The molecule has 0 atom stereocenters. The van der Waals surface area contributed by atoms with Crippen LogP contribution in [0.1, 0.15) is 34.1 Å². The Morgan fingerprint density at radius 1 is 0.972 bits per heavy atom. The number of aromatic nitrogens is 1. The first-order chi connectivity index (χ1) is 17.4. The first kappa shape index (κ1) is 23.7. The van der Waals surface area contributed by atoms with E-state index in [2.05, 4.69) is 0 Å². The molecule has 182 valence electrons. The number of ether oxygens (including phenoxy) is 2. The van der Waals surface area contributed by atoms with Crippen LogP contribution in [0.5, 0.6) is 5.75 Å². The van der Waals surface area contributed by atoms with Gasteiger partial charge in [-0.1, -0.05) is 23.2 Å². The molecule has 0 saturated carbocycles. The van der Waals surface area contributed by atoms with Gasteiger partial charge in [0.05, 0.1) is 17.7 Å². The third kappa shape index (κ3) is 4.36. The Balaban J connectivity index is 1.58. The normalized spacial score (nSPS) is 11.2. The Morgan fingerprint density at radius 2 is 1.75 bits per heavy atom. The van der Waals surface area contributed by atoms with Crippen molar-refractivity contribution in [2.75, 3.05) is 6.61 Å². The van der Waals surface area contributed by atoms with Gasteiger partial charge in [0.1, 0.15) is 17.9 Å². The number of fused-ring (bicyclic) bond motifs is 2. The zero-order valence-electron chi connectivity index (χ0n) is 20.1. The molecular weight excluding hydrogens is 478 g/mol. The van der Waals surface area contributed by atoms with E-state index < -0.39 is 11.6 Å². The molecule has 0 amide bonds. The number of esters is 1. The van der Waals surface area contributed by atoms with Crippen LogP contribution >= 0.6 is 11.6 Å². The van der Waals surface area contributed by atoms with E-state index in [1.807, 2.05) is 73.0 Å². The Kier molecular flexibility index (Phi) is 6.29. The molecule has 5 aromatic rings. The molecule has 6 nitrogen and oxygen atoms in total. The van der Waals surface area contributed by atoms with Crippen molar-refractivity contribution in [2.45, 2.75) is 27.4 Å². The van der Waals surface area contributed by atoms with E-state index in [9.17, 15) is 9.59 Å². The second-order valence-electron chi connectivity index (χ2n) is 8.55. The van der Waals surface area contributed by atoms with E-state index in [4.69, 9.17) is 25.5 Å². The van der Waals surface area contributed by atoms with Gasteiger partial charge in [-0.15, -0.1) is 0 Å². The van der Waals surface area contributed by atoms with Gasteiger partial charge in [0.25, 0.3) is 0 Å². The Hall–Kier alpha value is -4.03. The molecule has 0 aliphatic carbocycles. The molecular formula is C29H24ClNO5. The summed E-state index contributed by atoms with van der Waals surface area (Å²) >= 11 is 6.09. The molecule has 0 spiro atoms. The molecule has 0 aliphatic heterocycles. The highest BCUT2D eigenvalue weighted by Crippen LogP contribution is 2.33. The molecule has 2 heterocycles. The minimum Gasteiger partial charge on any atom is -0.489 e. The lowest BCUT2D eigenvalue weighted by molar-refractivity contribution is 0.0527. The van der Waals surface area contributed by atoms with Crippen LogP contribution in [0.2, 0.25) is 5.02 Å². The smallest absolute Gasteiger partial charge is 0.340 e. The zero-order valence-corrected chi connectivity index (χ0v) is 20.9. The lowest BCUT2D eigenvalue weighted by atomic mass is 10.1. The highest BCUT2D eigenvalue weighted by molar-refractivity contribution is 6.30. The fraction of sp³-hybridized carbons (Fsp3) is 0.172. The minimum atomic E-state index is -0.430. The molecule has 0 unspecified atom stereocenters. The van der Waals surface area contributed by atoms with Crippen molar-refractivity contribution < 1.29 is 18.7 Å². The van der Waals surface area contributed by atoms with Crippen molar-refractivity contribution in [1.82, 2.24) is 4.57 Å². The molecule has 2 aromatic heterocycles. The van der Waals surface area contributed by atoms with E-state index >= 15 is 0 Å². The van der Waals surface area contributed by atoms with Gasteiger partial charge < -0.3 is 18.5 Å². The minimum absolute atomic E-state index is 0.169. The molecule has 0 N–H and O–H groups in total. The van der Waals surface area contributed by atoms with Crippen molar-refractivity contribution in [3.05, 3.63) is 105 Å². The van der Waals surface area contributed by atoms with Crippen molar-refractivity contribution in [3.8, 4) is 11.4 Å². The van der Waals surface area contributed by atoms with Gasteiger partial charge in [0, 0.05) is 38.8 Å². The summed E-state index contributed by atoms with van der Waals surface area (Å²) in [6, 6.07) is 20.1. The summed E-state index contributed by atoms with van der Waals surface area (Å²) in [7, 11) is 0. The fourth-order valence-corrected chi connectivity index (χ4v) is 4.62. The van der Waals surface area contributed by atoms with E-state index in [-0.39, 0.29) is 13.2 Å². The van der Waals surface area contributed by atoms with Crippen LogP contribution < -0.4 is 10.4 Å². The molecule has 36 heavy (non-hydrogen) atoms.